The minimum absolute atomic E-state index is 0.544. The quantitative estimate of drug-likeness (QED) is 0.781. The maximum atomic E-state index is 9.27. The van der Waals surface area contributed by atoms with Gasteiger partial charge in [0.1, 0.15) is 11.5 Å². The molecule has 3 aromatic rings. The zero-order valence-electron chi connectivity index (χ0n) is 10.6. The summed E-state index contributed by atoms with van der Waals surface area (Å²) in [6.07, 6.45) is 1.65. The molecule has 0 unspecified atom stereocenters. The molecule has 0 radical (unpaired) electrons. The second kappa shape index (κ2) is 5.29. The second-order valence-electron chi connectivity index (χ2n) is 4.18. The molecule has 4 heteroatoms. The zero-order chi connectivity index (χ0) is 13.8. The van der Waals surface area contributed by atoms with Crippen molar-refractivity contribution in [3.63, 3.8) is 0 Å². The van der Waals surface area contributed by atoms with E-state index in [-0.39, 0.29) is 0 Å². The van der Waals surface area contributed by atoms with Gasteiger partial charge in [-0.1, -0.05) is 24.3 Å². The van der Waals surface area contributed by atoms with E-state index in [1.54, 1.807) is 18.3 Å². The number of para-hydroxylation sites is 1. The molecular weight excluding hydrogens is 250 g/mol. The van der Waals surface area contributed by atoms with Crippen LogP contribution in [0.3, 0.4) is 0 Å². The smallest absolute Gasteiger partial charge is 0.138 e. The molecule has 0 saturated heterocycles. The van der Waals surface area contributed by atoms with Crippen LogP contribution in [0.4, 0.5) is 0 Å². The Bertz CT molecular complexity index is 743. The summed E-state index contributed by atoms with van der Waals surface area (Å²) in [4.78, 5) is 0. The monoisotopic (exact) mass is 261 g/mol. The van der Waals surface area contributed by atoms with Gasteiger partial charge in [-0.25, -0.2) is 0 Å². The summed E-state index contributed by atoms with van der Waals surface area (Å²) in [7, 11) is 0. The van der Waals surface area contributed by atoms with Gasteiger partial charge in [0.05, 0.1) is 22.9 Å². The number of nitriles is 1. The first-order valence-corrected chi connectivity index (χ1v) is 6.14. The van der Waals surface area contributed by atoms with Crippen molar-refractivity contribution in [2.75, 3.05) is 0 Å². The van der Waals surface area contributed by atoms with Gasteiger partial charge in [-0.05, 0) is 30.3 Å². The van der Waals surface area contributed by atoms with Crippen LogP contribution in [0.5, 0.6) is 11.5 Å². The highest BCUT2D eigenvalue weighted by Gasteiger charge is 2.13. The van der Waals surface area contributed by atoms with Gasteiger partial charge in [0, 0.05) is 6.20 Å². The van der Waals surface area contributed by atoms with Crippen molar-refractivity contribution >= 4 is 0 Å². The molecule has 0 fully saturated rings. The molecule has 0 saturated carbocycles. The average Bonchev–Trinajstić information content (AvgIpc) is 3.02. The number of aromatic nitrogens is 2. The predicted molar refractivity (Wildman–Crippen MR) is 75.3 cm³/mol. The van der Waals surface area contributed by atoms with E-state index in [2.05, 4.69) is 16.3 Å². The number of rotatable bonds is 3. The van der Waals surface area contributed by atoms with Crippen molar-refractivity contribution in [2.45, 2.75) is 0 Å². The molecule has 4 nitrogen and oxygen atoms in total. The van der Waals surface area contributed by atoms with E-state index in [1.807, 2.05) is 42.5 Å². The number of hydrogen-bond donors (Lipinski definition) is 1. The molecule has 1 heterocycles. The van der Waals surface area contributed by atoms with Crippen LogP contribution < -0.4 is 4.74 Å². The van der Waals surface area contributed by atoms with Gasteiger partial charge in [-0.3, -0.25) is 5.10 Å². The largest absolute Gasteiger partial charge is 0.457 e. The lowest BCUT2D eigenvalue weighted by Crippen LogP contribution is -1.92. The van der Waals surface area contributed by atoms with Crippen molar-refractivity contribution < 1.29 is 4.74 Å². The highest BCUT2D eigenvalue weighted by atomic mass is 16.5. The molecule has 3 rings (SSSR count). The number of nitrogens with one attached hydrogen (secondary N) is 1. The average molecular weight is 261 g/mol. The third-order valence-electron chi connectivity index (χ3n) is 2.89. The zero-order valence-corrected chi connectivity index (χ0v) is 10.6. The maximum absolute atomic E-state index is 9.27. The fourth-order valence-corrected chi connectivity index (χ4v) is 2.00. The Morgan fingerprint density at radius 3 is 2.55 bits per heavy atom. The van der Waals surface area contributed by atoms with E-state index in [0.29, 0.717) is 11.3 Å². The minimum Gasteiger partial charge on any atom is -0.457 e. The first-order chi connectivity index (χ1) is 9.88. The van der Waals surface area contributed by atoms with E-state index in [4.69, 9.17) is 4.74 Å². The summed E-state index contributed by atoms with van der Waals surface area (Å²) in [5, 5.41) is 16.1. The van der Waals surface area contributed by atoms with Gasteiger partial charge < -0.3 is 4.74 Å². The molecule has 0 aliphatic heterocycles. The summed E-state index contributed by atoms with van der Waals surface area (Å²) in [5.74, 6) is 1.35. The number of nitrogens with zero attached hydrogens (tertiary/aromatic N) is 2. The Morgan fingerprint density at radius 1 is 1.00 bits per heavy atom. The summed E-state index contributed by atoms with van der Waals surface area (Å²) in [6, 6.07) is 18.9. The van der Waals surface area contributed by atoms with Crippen LogP contribution in [-0.2, 0) is 0 Å². The first-order valence-electron chi connectivity index (χ1n) is 6.14. The molecule has 1 aromatic heterocycles. The Kier molecular flexibility index (Phi) is 3.17. The highest BCUT2D eigenvalue weighted by Crippen LogP contribution is 2.34. The lowest BCUT2D eigenvalue weighted by molar-refractivity contribution is 0.484. The number of hydrogen-bond acceptors (Lipinski definition) is 3. The molecule has 0 aliphatic carbocycles. The fourth-order valence-electron chi connectivity index (χ4n) is 2.00. The van der Waals surface area contributed by atoms with E-state index < -0.39 is 0 Å². The highest BCUT2D eigenvalue weighted by molar-refractivity contribution is 5.74. The van der Waals surface area contributed by atoms with Crippen LogP contribution in [0, 0.1) is 11.3 Å². The van der Waals surface area contributed by atoms with E-state index >= 15 is 0 Å². The summed E-state index contributed by atoms with van der Waals surface area (Å²) in [5.41, 5.74) is 2.02. The third kappa shape index (κ3) is 2.25. The molecule has 1 N–H and O–H groups in total. The summed E-state index contributed by atoms with van der Waals surface area (Å²) in [6.45, 7) is 0. The number of aromatic amines is 1. The van der Waals surface area contributed by atoms with Crippen LogP contribution in [0.15, 0.2) is 60.8 Å². The van der Waals surface area contributed by atoms with Crippen LogP contribution in [0.1, 0.15) is 5.56 Å². The predicted octanol–water partition coefficient (Wildman–Crippen LogP) is 3.74. The van der Waals surface area contributed by atoms with Crippen LogP contribution in [-0.4, -0.2) is 10.2 Å². The van der Waals surface area contributed by atoms with Crippen molar-refractivity contribution in [1.29, 1.82) is 5.26 Å². The van der Waals surface area contributed by atoms with Crippen LogP contribution >= 0.6 is 0 Å². The molecule has 0 atom stereocenters. The fraction of sp³-hybridized carbons (Fsp3) is 0. The maximum Gasteiger partial charge on any atom is 0.138 e. The molecule has 0 spiro atoms. The molecule has 0 bridgehead atoms. The Balaban J connectivity index is 2.10. The number of ether oxygens (including phenoxy) is 1. The lowest BCUT2D eigenvalue weighted by Gasteiger charge is -2.11. The lowest BCUT2D eigenvalue weighted by atomic mass is 10.0. The van der Waals surface area contributed by atoms with Gasteiger partial charge in [-0.15, -0.1) is 0 Å². The Hall–Kier alpha value is -3.06. The van der Waals surface area contributed by atoms with Crippen LogP contribution in [0.2, 0.25) is 0 Å². The molecule has 2 aromatic carbocycles. The topological polar surface area (TPSA) is 61.7 Å². The van der Waals surface area contributed by atoms with E-state index in [1.165, 1.54) is 0 Å². The van der Waals surface area contributed by atoms with E-state index in [9.17, 15) is 5.26 Å². The number of H-pyrrole nitrogens is 1. The van der Waals surface area contributed by atoms with Gasteiger partial charge in [-0.2, -0.15) is 10.4 Å². The van der Waals surface area contributed by atoms with Gasteiger partial charge in [0.15, 0.2) is 0 Å². The summed E-state index contributed by atoms with van der Waals surface area (Å²) >= 11 is 0. The Labute approximate surface area is 116 Å². The third-order valence-corrected chi connectivity index (χ3v) is 2.89. The normalized spacial score (nSPS) is 9.95. The minimum atomic E-state index is 0.544. The number of benzene rings is 2. The van der Waals surface area contributed by atoms with Gasteiger partial charge in [0.25, 0.3) is 0 Å². The van der Waals surface area contributed by atoms with Gasteiger partial charge >= 0.3 is 0 Å². The first kappa shape index (κ1) is 12.0. The van der Waals surface area contributed by atoms with Crippen molar-refractivity contribution in [3.05, 3.63) is 66.4 Å². The van der Waals surface area contributed by atoms with Gasteiger partial charge in [0.2, 0.25) is 0 Å². The standard InChI is InChI=1S/C16H11N3O/c17-11-12-5-4-8-15(16(12)14-9-10-18-19-14)20-13-6-2-1-3-7-13/h1-10H,(H,18,19). The summed E-state index contributed by atoms with van der Waals surface area (Å²) < 4.78 is 5.88. The van der Waals surface area contributed by atoms with Crippen LogP contribution in [0.25, 0.3) is 11.3 Å². The molecule has 0 amide bonds. The van der Waals surface area contributed by atoms with Crippen molar-refractivity contribution in [3.8, 4) is 28.8 Å². The molecule has 20 heavy (non-hydrogen) atoms. The molecular formula is C16H11N3O. The second-order valence-corrected chi connectivity index (χ2v) is 4.18. The Morgan fingerprint density at radius 2 is 1.85 bits per heavy atom. The SMILES string of the molecule is N#Cc1cccc(Oc2ccccc2)c1-c1ccn[nH]1. The molecule has 0 aliphatic rings. The van der Waals surface area contributed by atoms with Crippen molar-refractivity contribution in [1.82, 2.24) is 10.2 Å². The van der Waals surface area contributed by atoms with E-state index in [0.717, 1.165) is 17.0 Å². The molecule has 96 valence electrons. The van der Waals surface area contributed by atoms with Crippen molar-refractivity contribution in [2.24, 2.45) is 0 Å².